The number of H-pyrrole nitrogens is 1. The Kier molecular flexibility index (Phi) is 6.61. The van der Waals surface area contributed by atoms with Gasteiger partial charge in [-0.25, -0.2) is 23.7 Å². The molecule has 4 heterocycles. The number of carboxylic acid groups (broad SMARTS) is 1. The number of ether oxygens (including phenoxy) is 1. The third kappa shape index (κ3) is 4.61. The Balaban J connectivity index is 1.36. The van der Waals surface area contributed by atoms with E-state index in [2.05, 4.69) is 15.6 Å². The number of carbonyl (C=O) groups excluding carboxylic acids is 4. The Hall–Kier alpha value is -4.99. The van der Waals surface area contributed by atoms with Crippen LogP contribution in [0, 0.1) is 0 Å². The van der Waals surface area contributed by atoms with Crippen molar-refractivity contribution in [2.24, 2.45) is 5.73 Å². The number of aromatic nitrogens is 2. The van der Waals surface area contributed by atoms with Crippen molar-refractivity contribution in [2.75, 3.05) is 12.4 Å². The molecule has 2 aromatic heterocycles. The number of benzene rings is 1. The van der Waals surface area contributed by atoms with E-state index in [0.717, 1.165) is 21.2 Å². The number of primary amides is 1. The van der Waals surface area contributed by atoms with Crippen molar-refractivity contribution >= 4 is 52.7 Å². The molecule has 1 aromatic carbocycles. The Morgan fingerprint density at radius 2 is 1.97 bits per heavy atom. The van der Waals surface area contributed by atoms with Crippen LogP contribution in [0.25, 0.3) is 11.0 Å². The van der Waals surface area contributed by atoms with Gasteiger partial charge in [0.05, 0.1) is 17.3 Å². The first kappa shape index (κ1) is 25.7. The molecule has 0 radical (unpaired) electrons. The molecular formula is C23H20N6O9S. The van der Waals surface area contributed by atoms with Gasteiger partial charge in [0.15, 0.2) is 6.04 Å². The van der Waals surface area contributed by atoms with Crippen molar-refractivity contribution in [3.05, 3.63) is 70.2 Å². The van der Waals surface area contributed by atoms with Gasteiger partial charge in [0.2, 0.25) is 0 Å². The van der Waals surface area contributed by atoms with Crippen LogP contribution in [0.2, 0.25) is 0 Å². The van der Waals surface area contributed by atoms with E-state index in [4.69, 9.17) is 14.9 Å². The summed E-state index contributed by atoms with van der Waals surface area (Å²) in [7, 11) is 0. The molecule has 1 fully saturated rings. The van der Waals surface area contributed by atoms with E-state index in [-0.39, 0.29) is 28.3 Å². The fourth-order valence-electron chi connectivity index (χ4n) is 4.36. The number of aliphatic carboxylic acids is 1. The van der Waals surface area contributed by atoms with Gasteiger partial charge < -0.3 is 35.6 Å². The maximum atomic E-state index is 13.3. The molecule has 15 nitrogen and oxygen atoms in total. The molecule has 0 aliphatic carbocycles. The number of aromatic amines is 1. The summed E-state index contributed by atoms with van der Waals surface area (Å²) in [5.74, 6) is -2.82. The van der Waals surface area contributed by atoms with Crippen molar-refractivity contribution in [1.82, 2.24) is 25.1 Å². The second-order valence-electron chi connectivity index (χ2n) is 8.44. The summed E-state index contributed by atoms with van der Waals surface area (Å²) in [5, 5.41) is 13.9. The monoisotopic (exact) mass is 556 g/mol. The predicted octanol–water partition coefficient (Wildman–Crippen LogP) is 0.0555. The number of imidazole rings is 1. The number of furan rings is 1. The van der Waals surface area contributed by atoms with Crippen molar-refractivity contribution in [1.29, 1.82) is 0 Å². The number of carboxylic acids is 1. The summed E-state index contributed by atoms with van der Waals surface area (Å²) >= 11 is 1.15. The minimum absolute atomic E-state index is 0.0330. The lowest BCUT2D eigenvalue weighted by Crippen LogP contribution is -2.71. The zero-order valence-electron chi connectivity index (χ0n) is 19.8. The van der Waals surface area contributed by atoms with Crippen LogP contribution in [-0.2, 0) is 19.1 Å². The van der Waals surface area contributed by atoms with E-state index in [1.54, 1.807) is 24.3 Å². The molecule has 4 amide bonds. The third-order valence-electron chi connectivity index (χ3n) is 6.09. The van der Waals surface area contributed by atoms with Crippen LogP contribution in [0.15, 0.2) is 63.1 Å². The topological polar surface area (TPSA) is 219 Å². The summed E-state index contributed by atoms with van der Waals surface area (Å²) in [6.45, 7) is -0.405. The lowest BCUT2D eigenvalue weighted by atomic mass is 10.0. The molecule has 2 unspecified atom stereocenters. The lowest BCUT2D eigenvalue weighted by Gasteiger charge is -2.49. The molecule has 0 spiro atoms. The van der Waals surface area contributed by atoms with Crippen LogP contribution in [0.3, 0.4) is 0 Å². The Morgan fingerprint density at radius 3 is 2.67 bits per heavy atom. The van der Waals surface area contributed by atoms with Gasteiger partial charge in [-0.05, 0) is 24.3 Å². The normalized spacial score (nSPS) is 19.2. The molecule has 3 aromatic rings. The maximum absolute atomic E-state index is 13.3. The number of thioether (sulfide) groups is 1. The Morgan fingerprint density at radius 1 is 1.21 bits per heavy atom. The summed E-state index contributed by atoms with van der Waals surface area (Å²) < 4.78 is 10.8. The SMILES string of the molecule is NC(=O)OCC1=C(C(=O)O)N2C(=O)C(NC(=O)C(NC(=O)n3c(=O)[nH]c4ccccc43)c3ccco3)[C@@H]2SC1. The van der Waals surface area contributed by atoms with Gasteiger partial charge in [0.1, 0.15) is 29.5 Å². The number of fused-ring (bicyclic) bond motifs is 2. The highest BCUT2D eigenvalue weighted by molar-refractivity contribution is 8.00. The quantitative estimate of drug-likeness (QED) is 0.246. The van der Waals surface area contributed by atoms with Gasteiger partial charge in [0, 0.05) is 11.3 Å². The van der Waals surface area contributed by atoms with Crippen molar-refractivity contribution in [2.45, 2.75) is 17.5 Å². The molecule has 39 heavy (non-hydrogen) atoms. The van der Waals surface area contributed by atoms with Crippen molar-refractivity contribution in [3.63, 3.8) is 0 Å². The second kappa shape index (κ2) is 10.1. The molecule has 1 saturated heterocycles. The maximum Gasteiger partial charge on any atom is 0.404 e. The van der Waals surface area contributed by atoms with E-state index in [1.165, 1.54) is 18.4 Å². The van der Waals surface area contributed by atoms with Crippen LogP contribution in [-0.4, -0.2) is 73.2 Å². The first-order chi connectivity index (χ1) is 18.7. The minimum Gasteiger partial charge on any atom is -0.477 e. The second-order valence-corrected chi connectivity index (χ2v) is 9.55. The predicted molar refractivity (Wildman–Crippen MR) is 133 cm³/mol. The van der Waals surface area contributed by atoms with Crippen molar-refractivity contribution < 1.29 is 38.2 Å². The van der Waals surface area contributed by atoms with Crippen LogP contribution < -0.4 is 22.1 Å². The first-order valence-electron chi connectivity index (χ1n) is 11.3. The van der Waals surface area contributed by atoms with E-state index in [9.17, 15) is 33.9 Å². The molecule has 5 rings (SSSR count). The number of nitrogens with zero attached hydrogens (tertiary/aromatic N) is 2. The van der Waals surface area contributed by atoms with E-state index in [0.29, 0.717) is 5.52 Å². The van der Waals surface area contributed by atoms with E-state index in [1.807, 2.05) is 0 Å². The lowest BCUT2D eigenvalue weighted by molar-refractivity contribution is -0.151. The smallest absolute Gasteiger partial charge is 0.404 e. The number of carbonyl (C=O) groups is 5. The molecule has 2 aliphatic heterocycles. The minimum atomic E-state index is -1.43. The highest BCUT2D eigenvalue weighted by atomic mass is 32.2. The van der Waals surface area contributed by atoms with Crippen LogP contribution >= 0.6 is 11.8 Å². The summed E-state index contributed by atoms with van der Waals surface area (Å²) in [5.41, 5.74) is 4.74. The Bertz CT molecular complexity index is 1590. The highest BCUT2D eigenvalue weighted by Crippen LogP contribution is 2.40. The van der Waals surface area contributed by atoms with Gasteiger partial charge in [-0.15, -0.1) is 11.8 Å². The molecule has 3 atom stereocenters. The van der Waals surface area contributed by atoms with Gasteiger partial charge in [-0.1, -0.05) is 12.1 Å². The average molecular weight is 557 g/mol. The third-order valence-corrected chi connectivity index (χ3v) is 7.43. The largest absolute Gasteiger partial charge is 0.477 e. The number of hydrogen-bond acceptors (Lipinski definition) is 9. The number of rotatable bonds is 7. The van der Waals surface area contributed by atoms with E-state index >= 15 is 0 Å². The number of β-lactam (4-membered cyclic amide) rings is 1. The fraction of sp³-hybridized carbons (Fsp3) is 0.217. The van der Waals surface area contributed by atoms with Gasteiger partial charge in [0.25, 0.3) is 11.8 Å². The van der Waals surface area contributed by atoms with Crippen molar-refractivity contribution in [3.8, 4) is 0 Å². The molecule has 0 saturated carbocycles. The van der Waals surface area contributed by atoms with Crippen LogP contribution in [0.4, 0.5) is 9.59 Å². The highest BCUT2D eigenvalue weighted by Gasteiger charge is 2.54. The number of amides is 4. The number of hydrogen-bond donors (Lipinski definition) is 5. The van der Waals surface area contributed by atoms with Gasteiger partial charge in [-0.2, -0.15) is 0 Å². The molecule has 2 aliphatic rings. The molecule has 202 valence electrons. The summed E-state index contributed by atoms with van der Waals surface area (Å²) in [4.78, 5) is 78.2. The molecule has 16 heteroatoms. The van der Waals surface area contributed by atoms with Gasteiger partial charge >= 0.3 is 23.8 Å². The van der Waals surface area contributed by atoms with Gasteiger partial charge in [-0.3, -0.25) is 14.5 Å². The summed E-state index contributed by atoms with van der Waals surface area (Å²) in [6.07, 6.45) is 0.187. The Labute approximate surface area is 221 Å². The molecular weight excluding hydrogens is 536 g/mol. The zero-order valence-corrected chi connectivity index (χ0v) is 20.6. The number of para-hydroxylation sites is 2. The standard InChI is InChI=1S/C23H20N6O9S/c24-21(34)38-8-10-9-39-19-15(18(31)29(19)16(10)20(32)33)26-17(30)14(13-6-3-7-37-13)27-23(36)28-12-5-2-1-4-11(12)25-22(28)35/h1-7,14-15,19H,8-9H2,(H2,24,34)(H,25,35)(H,26,30)(H,27,36)(H,32,33)/t14?,15?,19-/m0/s1. The van der Waals surface area contributed by atoms with Crippen LogP contribution in [0.5, 0.6) is 0 Å². The van der Waals surface area contributed by atoms with E-state index < -0.39 is 59.7 Å². The average Bonchev–Trinajstić information content (AvgIpc) is 3.55. The number of nitrogens with one attached hydrogen (secondary N) is 3. The fourth-order valence-corrected chi connectivity index (χ4v) is 5.68. The van der Waals surface area contributed by atoms with Crippen LogP contribution in [0.1, 0.15) is 11.8 Å². The molecule has 0 bridgehead atoms. The number of nitrogens with two attached hydrogens (primary N) is 1. The molecule has 6 N–H and O–H groups in total. The first-order valence-corrected chi connectivity index (χ1v) is 12.4. The zero-order chi connectivity index (χ0) is 27.8. The summed E-state index contributed by atoms with van der Waals surface area (Å²) in [6, 6.07) is 5.93.